The van der Waals surface area contributed by atoms with Crippen LogP contribution < -0.4 is 0 Å². The molecule has 1 unspecified atom stereocenters. The molecule has 0 fully saturated rings. The molecule has 12 heavy (non-hydrogen) atoms. The molecule has 0 saturated carbocycles. The lowest BCUT2D eigenvalue weighted by Crippen LogP contribution is -2.05. The largest absolute Gasteiger partial charge is 0.0773 e. The Morgan fingerprint density at radius 1 is 1.25 bits per heavy atom. The lowest BCUT2D eigenvalue weighted by atomic mass is 9.88. The van der Waals surface area contributed by atoms with Gasteiger partial charge in [0.25, 0.3) is 0 Å². The van der Waals surface area contributed by atoms with Crippen LogP contribution in [0.15, 0.2) is 36.0 Å². The summed E-state index contributed by atoms with van der Waals surface area (Å²) in [5, 5.41) is 0. The normalized spacial score (nSPS) is 22.7. The molecule has 1 rings (SSSR count). The standard InChI is InChI=1S/C12H18/c1-4-11-8-6-5-7-9-12(11)10(2)3/h5-11H,4H2,1-3H3. The Morgan fingerprint density at radius 2 is 2.00 bits per heavy atom. The van der Waals surface area contributed by atoms with Crippen molar-refractivity contribution in [2.75, 3.05) is 0 Å². The highest BCUT2D eigenvalue weighted by molar-refractivity contribution is 5.27. The first-order valence-corrected chi connectivity index (χ1v) is 4.80. The summed E-state index contributed by atoms with van der Waals surface area (Å²) < 4.78 is 0. The SMILES string of the molecule is CCC1C=CC=CC=C1C(C)C. The second-order valence-electron chi connectivity index (χ2n) is 3.61. The fourth-order valence-corrected chi connectivity index (χ4v) is 1.66. The van der Waals surface area contributed by atoms with Crippen LogP contribution in [0.4, 0.5) is 0 Å². The molecule has 1 aliphatic carbocycles. The van der Waals surface area contributed by atoms with Gasteiger partial charge in [-0.2, -0.15) is 0 Å². The van der Waals surface area contributed by atoms with Crippen LogP contribution >= 0.6 is 0 Å². The average molecular weight is 162 g/mol. The summed E-state index contributed by atoms with van der Waals surface area (Å²) in [5.41, 5.74) is 1.56. The molecule has 1 aliphatic rings. The van der Waals surface area contributed by atoms with Crippen LogP contribution in [0.2, 0.25) is 0 Å². The number of allylic oxidation sites excluding steroid dienone is 6. The number of hydrogen-bond donors (Lipinski definition) is 0. The van der Waals surface area contributed by atoms with E-state index in [1.54, 1.807) is 5.57 Å². The second-order valence-corrected chi connectivity index (χ2v) is 3.61. The molecule has 0 saturated heterocycles. The topological polar surface area (TPSA) is 0 Å². The predicted octanol–water partition coefficient (Wildman–Crippen LogP) is 3.72. The number of hydrogen-bond acceptors (Lipinski definition) is 0. The fraction of sp³-hybridized carbons (Fsp3) is 0.500. The summed E-state index contributed by atoms with van der Waals surface area (Å²) in [6.45, 7) is 6.78. The molecule has 0 radical (unpaired) electrons. The minimum absolute atomic E-state index is 0.653. The van der Waals surface area contributed by atoms with Gasteiger partial charge in [0.1, 0.15) is 0 Å². The summed E-state index contributed by atoms with van der Waals surface area (Å²) in [5.74, 6) is 1.32. The molecule has 66 valence electrons. The lowest BCUT2D eigenvalue weighted by molar-refractivity contribution is 0.614. The van der Waals surface area contributed by atoms with E-state index >= 15 is 0 Å². The van der Waals surface area contributed by atoms with Crippen LogP contribution in [0.1, 0.15) is 27.2 Å². The van der Waals surface area contributed by atoms with E-state index in [4.69, 9.17) is 0 Å². The van der Waals surface area contributed by atoms with Crippen molar-refractivity contribution in [1.29, 1.82) is 0 Å². The van der Waals surface area contributed by atoms with Crippen LogP contribution in [-0.2, 0) is 0 Å². The minimum atomic E-state index is 0.653. The zero-order chi connectivity index (χ0) is 8.97. The number of rotatable bonds is 2. The average Bonchev–Trinajstić information content (AvgIpc) is 2.27. The highest BCUT2D eigenvalue weighted by Gasteiger charge is 2.12. The van der Waals surface area contributed by atoms with Crippen molar-refractivity contribution in [1.82, 2.24) is 0 Å². The Morgan fingerprint density at radius 3 is 2.58 bits per heavy atom. The molecular weight excluding hydrogens is 144 g/mol. The van der Waals surface area contributed by atoms with Gasteiger partial charge >= 0.3 is 0 Å². The lowest BCUT2D eigenvalue weighted by Gasteiger charge is -2.17. The van der Waals surface area contributed by atoms with Gasteiger partial charge in [0.15, 0.2) is 0 Å². The molecule has 0 heterocycles. The van der Waals surface area contributed by atoms with E-state index < -0.39 is 0 Å². The maximum Gasteiger partial charge on any atom is -0.00171 e. The van der Waals surface area contributed by atoms with Gasteiger partial charge < -0.3 is 0 Å². The Balaban J connectivity index is 2.84. The Hall–Kier alpha value is -0.780. The highest BCUT2D eigenvalue weighted by Crippen LogP contribution is 2.25. The smallest absolute Gasteiger partial charge is 0.00171 e. The fourth-order valence-electron chi connectivity index (χ4n) is 1.66. The third-order valence-corrected chi connectivity index (χ3v) is 2.39. The van der Waals surface area contributed by atoms with E-state index in [0.29, 0.717) is 11.8 Å². The summed E-state index contributed by atoms with van der Waals surface area (Å²) in [7, 11) is 0. The van der Waals surface area contributed by atoms with Crippen LogP contribution in [0.5, 0.6) is 0 Å². The Bertz CT molecular complexity index is 216. The maximum absolute atomic E-state index is 2.30. The second kappa shape index (κ2) is 4.30. The molecule has 0 nitrogen and oxygen atoms in total. The van der Waals surface area contributed by atoms with Gasteiger partial charge in [-0.1, -0.05) is 56.7 Å². The van der Waals surface area contributed by atoms with Crippen LogP contribution in [0.25, 0.3) is 0 Å². The van der Waals surface area contributed by atoms with E-state index in [-0.39, 0.29) is 0 Å². The van der Waals surface area contributed by atoms with Crippen molar-refractivity contribution < 1.29 is 0 Å². The van der Waals surface area contributed by atoms with Gasteiger partial charge in [-0.3, -0.25) is 0 Å². The third-order valence-electron chi connectivity index (χ3n) is 2.39. The van der Waals surface area contributed by atoms with Gasteiger partial charge in [0, 0.05) is 0 Å². The molecule has 1 atom stereocenters. The van der Waals surface area contributed by atoms with Gasteiger partial charge in [-0.25, -0.2) is 0 Å². The summed E-state index contributed by atoms with van der Waals surface area (Å²) in [6.07, 6.45) is 12.2. The van der Waals surface area contributed by atoms with Crippen LogP contribution in [-0.4, -0.2) is 0 Å². The molecule has 0 N–H and O–H groups in total. The van der Waals surface area contributed by atoms with Crippen molar-refractivity contribution in [3.63, 3.8) is 0 Å². The first-order chi connectivity index (χ1) is 5.75. The summed E-state index contributed by atoms with van der Waals surface area (Å²) in [4.78, 5) is 0. The van der Waals surface area contributed by atoms with Crippen molar-refractivity contribution in [2.24, 2.45) is 11.8 Å². The third kappa shape index (κ3) is 2.10. The monoisotopic (exact) mass is 162 g/mol. The minimum Gasteiger partial charge on any atom is -0.0773 e. The molecule has 0 bridgehead atoms. The quantitative estimate of drug-likeness (QED) is 0.580. The van der Waals surface area contributed by atoms with Crippen LogP contribution in [0.3, 0.4) is 0 Å². The predicted molar refractivity (Wildman–Crippen MR) is 55.0 cm³/mol. The van der Waals surface area contributed by atoms with Crippen molar-refractivity contribution in [2.45, 2.75) is 27.2 Å². The maximum atomic E-state index is 2.30. The van der Waals surface area contributed by atoms with Crippen molar-refractivity contribution >= 4 is 0 Å². The first-order valence-electron chi connectivity index (χ1n) is 4.80. The van der Waals surface area contributed by atoms with Gasteiger partial charge in [-0.15, -0.1) is 0 Å². The molecule has 0 heteroatoms. The van der Waals surface area contributed by atoms with Crippen LogP contribution in [0, 0.1) is 11.8 Å². The van der Waals surface area contributed by atoms with Gasteiger partial charge in [0.2, 0.25) is 0 Å². The summed E-state index contributed by atoms with van der Waals surface area (Å²) in [6, 6.07) is 0. The molecule has 0 aromatic heterocycles. The van der Waals surface area contributed by atoms with E-state index in [2.05, 4.69) is 51.2 Å². The highest BCUT2D eigenvalue weighted by atomic mass is 14.2. The first kappa shape index (κ1) is 9.31. The van der Waals surface area contributed by atoms with E-state index in [1.165, 1.54) is 6.42 Å². The molecule has 0 aromatic carbocycles. The molecule has 0 aliphatic heterocycles. The van der Waals surface area contributed by atoms with Gasteiger partial charge in [0.05, 0.1) is 0 Å². The molecule has 0 aromatic rings. The van der Waals surface area contributed by atoms with Crippen molar-refractivity contribution in [3.05, 3.63) is 36.0 Å². The van der Waals surface area contributed by atoms with Gasteiger partial charge in [-0.05, 0) is 18.3 Å². The van der Waals surface area contributed by atoms with E-state index in [1.807, 2.05) is 0 Å². The zero-order valence-electron chi connectivity index (χ0n) is 8.25. The Labute approximate surface area is 75.7 Å². The summed E-state index contributed by atoms with van der Waals surface area (Å²) >= 11 is 0. The van der Waals surface area contributed by atoms with E-state index in [0.717, 1.165) is 0 Å². The van der Waals surface area contributed by atoms with E-state index in [9.17, 15) is 0 Å². The molecular formula is C12H18. The Kier molecular flexibility index (Phi) is 3.33. The van der Waals surface area contributed by atoms with Crippen molar-refractivity contribution in [3.8, 4) is 0 Å². The molecule has 0 amide bonds. The zero-order valence-corrected chi connectivity index (χ0v) is 8.25. The molecule has 0 spiro atoms.